The van der Waals surface area contributed by atoms with Crippen LogP contribution in [0.3, 0.4) is 0 Å². The van der Waals surface area contributed by atoms with Gasteiger partial charge in [0.1, 0.15) is 0 Å². The van der Waals surface area contributed by atoms with E-state index in [-0.39, 0.29) is 12.2 Å². The van der Waals surface area contributed by atoms with Crippen molar-refractivity contribution >= 4 is 35.0 Å². The van der Waals surface area contributed by atoms with Gasteiger partial charge in [0.25, 0.3) is 0 Å². The maximum Gasteiger partial charge on any atom is 0.0924 e. The van der Waals surface area contributed by atoms with Gasteiger partial charge in [-0.05, 0) is 35.4 Å². The summed E-state index contributed by atoms with van der Waals surface area (Å²) in [6, 6.07) is 15.8. The average Bonchev–Trinajstić information content (AvgIpc) is 2.49. The molecule has 0 radical (unpaired) electrons. The van der Waals surface area contributed by atoms with Crippen LogP contribution >= 0.6 is 35.0 Å². The summed E-state index contributed by atoms with van der Waals surface area (Å²) in [5.74, 6) is 1.96. The van der Waals surface area contributed by atoms with Crippen LogP contribution < -0.4 is 0 Å². The Labute approximate surface area is 133 Å². The highest BCUT2D eigenvalue weighted by atomic mass is 35.5. The van der Waals surface area contributed by atoms with E-state index >= 15 is 0 Å². The summed E-state index contributed by atoms with van der Waals surface area (Å²) >= 11 is 13.8. The molecule has 2 aromatic carbocycles. The molecular formula is C16H14Cl2OS. The fraction of sp³-hybridized carbons (Fsp3) is 0.250. The van der Waals surface area contributed by atoms with Gasteiger partial charge in [-0.25, -0.2) is 0 Å². The van der Waals surface area contributed by atoms with Gasteiger partial charge in [0, 0.05) is 21.6 Å². The van der Waals surface area contributed by atoms with Crippen molar-refractivity contribution in [3.05, 3.63) is 69.7 Å². The first kappa shape index (κ1) is 14.3. The summed E-state index contributed by atoms with van der Waals surface area (Å²) in [7, 11) is 0. The first-order valence-corrected chi connectivity index (χ1v) is 8.37. The minimum absolute atomic E-state index is 0.117. The Morgan fingerprint density at radius 2 is 1.15 bits per heavy atom. The monoisotopic (exact) mass is 324 g/mol. The summed E-state index contributed by atoms with van der Waals surface area (Å²) in [6.45, 7) is 0. The van der Waals surface area contributed by atoms with Crippen LogP contribution in [-0.4, -0.2) is 11.5 Å². The first-order valence-electron chi connectivity index (χ1n) is 6.46. The van der Waals surface area contributed by atoms with Crippen molar-refractivity contribution in [2.45, 2.75) is 12.2 Å². The fourth-order valence-electron chi connectivity index (χ4n) is 2.26. The van der Waals surface area contributed by atoms with Crippen molar-refractivity contribution in [1.82, 2.24) is 0 Å². The average molecular weight is 325 g/mol. The van der Waals surface area contributed by atoms with Crippen LogP contribution in [0.25, 0.3) is 0 Å². The third kappa shape index (κ3) is 3.32. The van der Waals surface area contributed by atoms with E-state index in [0.29, 0.717) is 0 Å². The van der Waals surface area contributed by atoms with Crippen LogP contribution in [0.15, 0.2) is 48.5 Å². The Morgan fingerprint density at radius 3 is 1.55 bits per heavy atom. The zero-order valence-electron chi connectivity index (χ0n) is 10.8. The van der Waals surface area contributed by atoms with E-state index in [4.69, 9.17) is 27.9 Å². The molecule has 1 aliphatic heterocycles. The molecule has 0 amide bonds. The quantitative estimate of drug-likeness (QED) is 0.717. The summed E-state index contributed by atoms with van der Waals surface area (Å²) in [4.78, 5) is 0. The molecule has 2 unspecified atom stereocenters. The third-order valence-corrected chi connectivity index (χ3v) is 4.93. The number of benzene rings is 2. The van der Waals surface area contributed by atoms with Gasteiger partial charge in [0.05, 0.1) is 12.2 Å². The molecule has 0 bridgehead atoms. The number of rotatable bonds is 2. The third-order valence-electron chi connectivity index (χ3n) is 3.35. The summed E-state index contributed by atoms with van der Waals surface area (Å²) in [6.07, 6.45) is 0.235. The van der Waals surface area contributed by atoms with E-state index in [2.05, 4.69) is 0 Å². The van der Waals surface area contributed by atoms with Gasteiger partial charge in [0.15, 0.2) is 0 Å². The van der Waals surface area contributed by atoms with Crippen molar-refractivity contribution in [1.29, 1.82) is 0 Å². The van der Waals surface area contributed by atoms with E-state index in [1.54, 1.807) is 0 Å². The predicted octanol–water partition coefficient (Wildman–Crippen LogP) is 5.54. The van der Waals surface area contributed by atoms with Gasteiger partial charge in [0.2, 0.25) is 0 Å². The van der Waals surface area contributed by atoms with Crippen LogP contribution in [0.4, 0.5) is 0 Å². The highest BCUT2D eigenvalue weighted by Crippen LogP contribution is 2.37. The zero-order valence-corrected chi connectivity index (χ0v) is 13.1. The van der Waals surface area contributed by atoms with Crippen LogP contribution in [0.1, 0.15) is 23.3 Å². The Kier molecular flexibility index (Phi) is 4.57. The number of hydrogen-bond acceptors (Lipinski definition) is 2. The first-order chi connectivity index (χ1) is 9.72. The Morgan fingerprint density at radius 1 is 0.750 bits per heavy atom. The van der Waals surface area contributed by atoms with Gasteiger partial charge in [-0.15, -0.1) is 0 Å². The van der Waals surface area contributed by atoms with Crippen molar-refractivity contribution in [2.24, 2.45) is 0 Å². The van der Waals surface area contributed by atoms with Gasteiger partial charge in [-0.2, -0.15) is 11.8 Å². The number of halogens is 2. The Bertz CT molecular complexity index is 517. The van der Waals surface area contributed by atoms with Gasteiger partial charge < -0.3 is 4.74 Å². The lowest BCUT2D eigenvalue weighted by Gasteiger charge is -2.30. The minimum Gasteiger partial charge on any atom is -0.364 e. The molecular weight excluding hydrogens is 311 g/mol. The molecule has 20 heavy (non-hydrogen) atoms. The second kappa shape index (κ2) is 6.40. The summed E-state index contributed by atoms with van der Waals surface area (Å²) in [5.41, 5.74) is 2.36. The summed E-state index contributed by atoms with van der Waals surface area (Å²) < 4.78 is 6.23. The molecule has 1 aliphatic rings. The molecule has 1 nitrogen and oxygen atoms in total. The maximum atomic E-state index is 6.23. The SMILES string of the molecule is Clc1ccc(C2CSCC(c3ccc(Cl)cc3)O2)cc1. The van der Waals surface area contributed by atoms with E-state index in [0.717, 1.165) is 21.6 Å². The molecule has 0 N–H and O–H groups in total. The van der Waals surface area contributed by atoms with E-state index in [1.165, 1.54) is 11.1 Å². The maximum absolute atomic E-state index is 6.23. The second-order valence-electron chi connectivity index (χ2n) is 4.75. The molecule has 0 saturated carbocycles. The lowest BCUT2D eigenvalue weighted by Crippen LogP contribution is -2.20. The number of ether oxygens (including phenoxy) is 1. The molecule has 1 heterocycles. The molecule has 104 valence electrons. The standard InChI is InChI=1S/C16H14Cl2OS/c17-13-5-1-11(2-6-13)15-9-20-10-16(19-15)12-3-7-14(18)8-4-12/h1-8,15-16H,9-10H2. The van der Waals surface area contributed by atoms with Crippen molar-refractivity contribution in [2.75, 3.05) is 11.5 Å². The largest absolute Gasteiger partial charge is 0.364 e. The normalized spacial score (nSPS) is 22.7. The minimum atomic E-state index is 0.117. The van der Waals surface area contributed by atoms with Gasteiger partial charge >= 0.3 is 0 Å². The molecule has 1 saturated heterocycles. The Balaban J connectivity index is 1.76. The van der Waals surface area contributed by atoms with Crippen molar-refractivity contribution in [3.63, 3.8) is 0 Å². The number of hydrogen-bond donors (Lipinski definition) is 0. The fourth-order valence-corrected chi connectivity index (χ4v) is 3.62. The molecule has 0 spiro atoms. The highest BCUT2D eigenvalue weighted by molar-refractivity contribution is 7.99. The molecule has 0 aromatic heterocycles. The van der Waals surface area contributed by atoms with Gasteiger partial charge in [-0.1, -0.05) is 47.5 Å². The lowest BCUT2D eigenvalue weighted by atomic mass is 10.1. The van der Waals surface area contributed by atoms with Crippen LogP contribution in [0, 0.1) is 0 Å². The predicted molar refractivity (Wildman–Crippen MR) is 86.8 cm³/mol. The van der Waals surface area contributed by atoms with Crippen molar-refractivity contribution < 1.29 is 4.74 Å². The van der Waals surface area contributed by atoms with Crippen LogP contribution in [0.5, 0.6) is 0 Å². The molecule has 4 heteroatoms. The molecule has 2 aromatic rings. The molecule has 2 atom stereocenters. The zero-order chi connectivity index (χ0) is 13.9. The van der Waals surface area contributed by atoms with Crippen molar-refractivity contribution in [3.8, 4) is 0 Å². The Hall–Kier alpha value is -0.670. The van der Waals surface area contributed by atoms with E-state index in [1.807, 2.05) is 60.3 Å². The lowest BCUT2D eigenvalue weighted by molar-refractivity contribution is 0.00513. The highest BCUT2D eigenvalue weighted by Gasteiger charge is 2.25. The topological polar surface area (TPSA) is 9.23 Å². The molecule has 3 rings (SSSR count). The number of thioether (sulfide) groups is 1. The summed E-state index contributed by atoms with van der Waals surface area (Å²) in [5, 5.41) is 1.51. The second-order valence-corrected chi connectivity index (χ2v) is 6.70. The van der Waals surface area contributed by atoms with E-state index in [9.17, 15) is 0 Å². The van der Waals surface area contributed by atoms with Crippen LogP contribution in [0.2, 0.25) is 10.0 Å². The molecule has 0 aliphatic carbocycles. The van der Waals surface area contributed by atoms with Gasteiger partial charge in [-0.3, -0.25) is 0 Å². The van der Waals surface area contributed by atoms with Crippen LogP contribution in [-0.2, 0) is 4.74 Å². The van der Waals surface area contributed by atoms with E-state index < -0.39 is 0 Å². The smallest absolute Gasteiger partial charge is 0.0924 e. The molecule has 1 fully saturated rings.